The molecular formula is C14H20Cl3N. The lowest BCUT2D eigenvalue weighted by Gasteiger charge is -2.23. The molecule has 2 unspecified atom stereocenters. The van der Waals surface area contributed by atoms with E-state index in [2.05, 4.69) is 26.1 Å². The van der Waals surface area contributed by atoms with Crippen molar-refractivity contribution in [3.05, 3.63) is 32.8 Å². The Hall–Kier alpha value is 0.0500. The summed E-state index contributed by atoms with van der Waals surface area (Å²) in [5.41, 5.74) is 1.00. The van der Waals surface area contributed by atoms with Crippen LogP contribution in [0.4, 0.5) is 0 Å². The summed E-state index contributed by atoms with van der Waals surface area (Å²) >= 11 is 18.2. The SMILES string of the molecule is CCCC(CC)NC(C)c1ccc(Cl)c(Cl)c1Cl. The number of hydrogen-bond donors (Lipinski definition) is 1. The van der Waals surface area contributed by atoms with Crippen molar-refractivity contribution in [1.82, 2.24) is 5.32 Å². The average Bonchev–Trinajstić information content (AvgIpc) is 2.35. The number of benzene rings is 1. The van der Waals surface area contributed by atoms with Crippen LogP contribution in [0.2, 0.25) is 15.1 Å². The molecule has 0 saturated carbocycles. The van der Waals surface area contributed by atoms with Crippen molar-refractivity contribution >= 4 is 34.8 Å². The molecule has 1 aromatic carbocycles. The minimum absolute atomic E-state index is 0.170. The fourth-order valence-corrected chi connectivity index (χ4v) is 2.78. The molecule has 1 N–H and O–H groups in total. The molecule has 0 saturated heterocycles. The first-order valence-corrected chi connectivity index (χ1v) is 7.54. The third kappa shape index (κ3) is 4.03. The van der Waals surface area contributed by atoms with E-state index in [1.165, 1.54) is 12.8 Å². The van der Waals surface area contributed by atoms with Crippen molar-refractivity contribution < 1.29 is 0 Å². The van der Waals surface area contributed by atoms with E-state index in [-0.39, 0.29) is 6.04 Å². The van der Waals surface area contributed by atoms with E-state index >= 15 is 0 Å². The zero-order chi connectivity index (χ0) is 13.7. The highest BCUT2D eigenvalue weighted by Gasteiger charge is 2.16. The molecule has 1 aromatic rings. The molecule has 0 aromatic heterocycles. The number of nitrogens with one attached hydrogen (secondary N) is 1. The standard InChI is InChI=1S/C14H20Cl3N/c1-4-6-10(5-2)18-9(3)11-7-8-12(15)14(17)13(11)16/h7-10,18H,4-6H2,1-3H3. The van der Waals surface area contributed by atoms with E-state index in [0.29, 0.717) is 21.1 Å². The van der Waals surface area contributed by atoms with Crippen LogP contribution in [-0.4, -0.2) is 6.04 Å². The predicted octanol–water partition coefficient (Wildman–Crippen LogP) is 5.88. The minimum Gasteiger partial charge on any atom is -0.307 e. The van der Waals surface area contributed by atoms with Crippen molar-refractivity contribution in [3.63, 3.8) is 0 Å². The second-order valence-corrected chi connectivity index (χ2v) is 5.71. The number of halogens is 3. The van der Waals surface area contributed by atoms with Crippen LogP contribution in [0, 0.1) is 0 Å². The Kier molecular flexibility index (Phi) is 6.79. The van der Waals surface area contributed by atoms with Crippen LogP contribution in [0.15, 0.2) is 12.1 Å². The van der Waals surface area contributed by atoms with Crippen LogP contribution >= 0.6 is 34.8 Å². The van der Waals surface area contributed by atoms with Crippen LogP contribution in [0.3, 0.4) is 0 Å². The molecule has 0 fully saturated rings. The summed E-state index contributed by atoms with van der Waals surface area (Å²) in [5.74, 6) is 0. The average molecular weight is 309 g/mol. The summed E-state index contributed by atoms with van der Waals surface area (Å²) in [6.45, 7) is 6.49. The maximum Gasteiger partial charge on any atom is 0.0781 e. The van der Waals surface area contributed by atoms with Gasteiger partial charge in [-0.05, 0) is 31.4 Å². The van der Waals surface area contributed by atoms with E-state index in [1.807, 2.05) is 6.07 Å². The molecule has 0 radical (unpaired) electrons. The molecule has 4 heteroatoms. The van der Waals surface area contributed by atoms with Gasteiger partial charge < -0.3 is 5.32 Å². The molecule has 1 nitrogen and oxygen atoms in total. The molecule has 0 aliphatic rings. The monoisotopic (exact) mass is 307 g/mol. The Morgan fingerprint density at radius 2 is 1.78 bits per heavy atom. The Labute approximate surface area is 125 Å². The quantitative estimate of drug-likeness (QED) is 0.647. The van der Waals surface area contributed by atoms with Crippen molar-refractivity contribution in [1.29, 1.82) is 0 Å². The van der Waals surface area contributed by atoms with Crippen LogP contribution in [-0.2, 0) is 0 Å². The Bertz CT molecular complexity index is 393. The first kappa shape index (κ1) is 16.1. The zero-order valence-electron chi connectivity index (χ0n) is 11.1. The number of rotatable bonds is 6. The van der Waals surface area contributed by atoms with Crippen LogP contribution in [0.1, 0.15) is 51.6 Å². The lowest BCUT2D eigenvalue weighted by molar-refractivity contribution is 0.417. The highest BCUT2D eigenvalue weighted by Crippen LogP contribution is 2.35. The summed E-state index contributed by atoms with van der Waals surface area (Å²) in [4.78, 5) is 0. The van der Waals surface area contributed by atoms with Crippen LogP contribution in [0.25, 0.3) is 0 Å². The molecule has 0 heterocycles. The molecule has 0 bridgehead atoms. The molecule has 0 aliphatic carbocycles. The van der Waals surface area contributed by atoms with Gasteiger partial charge in [-0.3, -0.25) is 0 Å². The van der Waals surface area contributed by atoms with Gasteiger partial charge in [0.05, 0.1) is 15.1 Å². The lowest BCUT2D eigenvalue weighted by Crippen LogP contribution is -2.31. The number of hydrogen-bond acceptors (Lipinski definition) is 1. The Balaban J connectivity index is 2.84. The van der Waals surface area contributed by atoms with E-state index in [9.17, 15) is 0 Å². The summed E-state index contributed by atoms with van der Waals surface area (Å²) in [7, 11) is 0. The van der Waals surface area contributed by atoms with Crippen LogP contribution < -0.4 is 5.32 Å². The molecule has 0 spiro atoms. The third-order valence-corrected chi connectivity index (χ3v) is 4.46. The van der Waals surface area contributed by atoms with Crippen molar-refractivity contribution in [2.45, 2.75) is 52.1 Å². The second kappa shape index (κ2) is 7.59. The summed E-state index contributed by atoms with van der Waals surface area (Å²) in [6.07, 6.45) is 3.45. The Morgan fingerprint density at radius 3 is 2.33 bits per heavy atom. The molecule has 2 atom stereocenters. The molecule has 0 aliphatic heterocycles. The predicted molar refractivity (Wildman–Crippen MR) is 82.0 cm³/mol. The van der Waals surface area contributed by atoms with E-state index in [4.69, 9.17) is 34.8 Å². The van der Waals surface area contributed by atoms with E-state index < -0.39 is 0 Å². The van der Waals surface area contributed by atoms with Crippen molar-refractivity contribution in [2.24, 2.45) is 0 Å². The van der Waals surface area contributed by atoms with Crippen LogP contribution in [0.5, 0.6) is 0 Å². The molecule has 0 amide bonds. The second-order valence-electron chi connectivity index (χ2n) is 4.55. The van der Waals surface area contributed by atoms with Crippen molar-refractivity contribution in [2.75, 3.05) is 0 Å². The van der Waals surface area contributed by atoms with Gasteiger partial charge in [0.1, 0.15) is 0 Å². The van der Waals surface area contributed by atoms with E-state index in [0.717, 1.165) is 12.0 Å². The van der Waals surface area contributed by atoms with Gasteiger partial charge in [0.2, 0.25) is 0 Å². The molecule has 1 rings (SSSR count). The minimum atomic E-state index is 0.170. The fraction of sp³-hybridized carbons (Fsp3) is 0.571. The fourth-order valence-electron chi connectivity index (χ4n) is 2.07. The summed E-state index contributed by atoms with van der Waals surface area (Å²) < 4.78 is 0. The van der Waals surface area contributed by atoms with Crippen molar-refractivity contribution in [3.8, 4) is 0 Å². The molecule has 102 valence electrons. The first-order valence-electron chi connectivity index (χ1n) is 6.40. The lowest BCUT2D eigenvalue weighted by atomic mass is 10.0. The van der Waals surface area contributed by atoms with Gasteiger partial charge in [-0.15, -0.1) is 0 Å². The largest absolute Gasteiger partial charge is 0.307 e. The maximum atomic E-state index is 6.24. The molecular weight excluding hydrogens is 289 g/mol. The smallest absolute Gasteiger partial charge is 0.0781 e. The third-order valence-electron chi connectivity index (χ3n) is 3.15. The van der Waals surface area contributed by atoms with Gasteiger partial charge in [-0.2, -0.15) is 0 Å². The van der Waals surface area contributed by atoms with E-state index in [1.54, 1.807) is 6.07 Å². The first-order chi connectivity index (χ1) is 8.51. The van der Waals surface area contributed by atoms with Gasteiger partial charge in [-0.25, -0.2) is 0 Å². The van der Waals surface area contributed by atoms with Gasteiger partial charge in [0, 0.05) is 12.1 Å². The van der Waals surface area contributed by atoms with Gasteiger partial charge in [0.25, 0.3) is 0 Å². The maximum absolute atomic E-state index is 6.24. The highest BCUT2D eigenvalue weighted by atomic mass is 35.5. The Morgan fingerprint density at radius 1 is 1.11 bits per heavy atom. The van der Waals surface area contributed by atoms with Gasteiger partial charge in [0.15, 0.2) is 0 Å². The summed E-state index contributed by atoms with van der Waals surface area (Å²) in [6, 6.07) is 4.41. The van der Waals surface area contributed by atoms with Gasteiger partial charge >= 0.3 is 0 Å². The zero-order valence-corrected chi connectivity index (χ0v) is 13.3. The normalized spacial score (nSPS) is 14.6. The molecule has 18 heavy (non-hydrogen) atoms. The topological polar surface area (TPSA) is 12.0 Å². The summed E-state index contributed by atoms with van der Waals surface area (Å²) in [5, 5.41) is 5.07. The highest BCUT2D eigenvalue weighted by molar-refractivity contribution is 6.48. The van der Waals surface area contributed by atoms with Gasteiger partial charge in [-0.1, -0.05) is 61.1 Å².